The van der Waals surface area contributed by atoms with Crippen LogP contribution in [0.15, 0.2) is 41.4 Å². The number of carbonyl (C=O) groups excluding carboxylic acids is 1. The molecule has 0 bridgehead atoms. The van der Waals surface area contributed by atoms with Crippen LogP contribution in [0.25, 0.3) is 5.95 Å². The van der Waals surface area contributed by atoms with E-state index in [0.717, 1.165) is 25.0 Å². The molecule has 1 atom stereocenters. The second-order valence-corrected chi connectivity index (χ2v) is 8.89. The number of amides is 1. The molecule has 1 aliphatic rings. The van der Waals surface area contributed by atoms with E-state index in [1.165, 1.54) is 22.0 Å². The van der Waals surface area contributed by atoms with Crippen LogP contribution in [0.4, 0.5) is 13.2 Å². The molecular weight excluding hydrogens is 513 g/mol. The number of nitrogens with zero attached hydrogens (tertiary/aromatic N) is 6. The maximum absolute atomic E-state index is 13.4. The van der Waals surface area contributed by atoms with Gasteiger partial charge in [0.2, 0.25) is 0 Å². The fourth-order valence-corrected chi connectivity index (χ4v) is 3.72. The molecule has 0 spiro atoms. The lowest BCUT2D eigenvalue weighted by atomic mass is 10.1. The summed E-state index contributed by atoms with van der Waals surface area (Å²) in [6.45, 7) is 2.12. The molecule has 7 nitrogen and oxygen atoms in total. The number of rotatable bonds is 6. The second kappa shape index (κ2) is 8.78. The van der Waals surface area contributed by atoms with Gasteiger partial charge >= 0.3 is 6.18 Å². The molecule has 3 aromatic rings. The molecule has 0 aliphatic heterocycles. The summed E-state index contributed by atoms with van der Waals surface area (Å²) in [5.74, 6) is 0.361. The summed E-state index contributed by atoms with van der Waals surface area (Å²) in [6, 6.07) is 2.26. The molecule has 1 unspecified atom stereocenters. The van der Waals surface area contributed by atoms with Gasteiger partial charge in [-0.3, -0.25) is 4.79 Å². The fourth-order valence-electron chi connectivity index (χ4n) is 3.28. The number of aromatic nitrogens is 5. The fraction of sp³-hybridized carbons (Fsp3) is 0.350. The summed E-state index contributed by atoms with van der Waals surface area (Å²) in [5.41, 5.74) is -1.11. The molecule has 168 valence electrons. The van der Waals surface area contributed by atoms with E-state index in [2.05, 4.69) is 36.0 Å². The van der Waals surface area contributed by atoms with E-state index in [9.17, 15) is 18.0 Å². The maximum atomic E-state index is 13.4. The van der Waals surface area contributed by atoms with E-state index in [0.29, 0.717) is 16.8 Å². The van der Waals surface area contributed by atoms with Crippen molar-refractivity contribution in [1.29, 1.82) is 0 Å². The number of halogens is 5. The number of hydrogen-bond donors (Lipinski definition) is 0. The largest absolute Gasteiger partial charge is 0.416 e. The lowest BCUT2D eigenvalue weighted by Crippen LogP contribution is -2.37. The Balaban J connectivity index is 1.70. The van der Waals surface area contributed by atoms with Crippen molar-refractivity contribution >= 4 is 33.4 Å². The third-order valence-electron chi connectivity index (χ3n) is 5.10. The number of carbonyl (C=O) groups is 1. The van der Waals surface area contributed by atoms with Gasteiger partial charge in [-0.05, 0) is 59.8 Å². The molecule has 1 fully saturated rings. The molecule has 1 saturated carbocycles. The highest BCUT2D eigenvalue weighted by Crippen LogP contribution is 2.35. The highest BCUT2D eigenvalue weighted by molar-refractivity contribution is 9.10. The predicted molar refractivity (Wildman–Crippen MR) is 113 cm³/mol. The molecule has 4 rings (SSSR count). The first-order chi connectivity index (χ1) is 15.1. The molecule has 2 heterocycles. The lowest BCUT2D eigenvalue weighted by Gasteiger charge is -2.29. The van der Waals surface area contributed by atoms with E-state index in [1.807, 2.05) is 0 Å². The molecule has 0 N–H and O–H groups in total. The molecule has 0 saturated heterocycles. The van der Waals surface area contributed by atoms with Crippen LogP contribution in [0.3, 0.4) is 0 Å². The third-order valence-corrected chi connectivity index (χ3v) is 5.72. The van der Waals surface area contributed by atoms with Crippen LogP contribution in [0.2, 0.25) is 5.02 Å². The quantitative estimate of drug-likeness (QED) is 0.444. The van der Waals surface area contributed by atoms with E-state index < -0.39 is 23.7 Å². The predicted octanol–water partition coefficient (Wildman–Crippen LogP) is 5.11. The van der Waals surface area contributed by atoms with Crippen molar-refractivity contribution in [2.75, 3.05) is 6.54 Å². The van der Waals surface area contributed by atoms with Crippen LogP contribution in [0.1, 0.15) is 47.6 Å². The summed E-state index contributed by atoms with van der Waals surface area (Å²) in [6.07, 6.45) is 1.70. The minimum Gasteiger partial charge on any atom is -0.328 e. The van der Waals surface area contributed by atoms with E-state index in [-0.39, 0.29) is 22.5 Å². The minimum absolute atomic E-state index is 0.136. The van der Waals surface area contributed by atoms with Gasteiger partial charge in [0.15, 0.2) is 5.82 Å². The Kier molecular flexibility index (Phi) is 6.22. The minimum atomic E-state index is -4.62. The first-order valence-corrected chi connectivity index (χ1v) is 10.9. The number of benzene rings is 1. The van der Waals surface area contributed by atoms with Crippen molar-refractivity contribution in [3.63, 3.8) is 0 Å². The third kappa shape index (κ3) is 4.93. The van der Waals surface area contributed by atoms with E-state index in [4.69, 9.17) is 11.6 Å². The summed E-state index contributed by atoms with van der Waals surface area (Å²) in [4.78, 5) is 27.6. The van der Waals surface area contributed by atoms with Gasteiger partial charge in [-0.15, -0.1) is 0 Å². The SMILES string of the molecule is CC(c1ncnn1-c1ncc(Br)cn1)N(CC1CC1)C(=O)c1cc(Cl)cc(C(F)(F)F)c1. The monoisotopic (exact) mass is 528 g/mol. The molecular formula is C20H17BrClF3N6O. The first-order valence-electron chi connectivity index (χ1n) is 9.70. The van der Waals surface area contributed by atoms with Gasteiger partial charge in [0.25, 0.3) is 11.9 Å². The molecule has 32 heavy (non-hydrogen) atoms. The molecule has 2 aromatic heterocycles. The summed E-state index contributed by atoms with van der Waals surface area (Å²) >= 11 is 9.17. The topological polar surface area (TPSA) is 76.8 Å². The van der Waals surface area contributed by atoms with Crippen LogP contribution >= 0.6 is 27.5 Å². The Morgan fingerprint density at radius 2 is 1.94 bits per heavy atom. The summed E-state index contributed by atoms with van der Waals surface area (Å²) in [5, 5.41) is 4.01. The highest BCUT2D eigenvalue weighted by atomic mass is 79.9. The average molecular weight is 530 g/mol. The zero-order valence-corrected chi connectivity index (χ0v) is 19.1. The summed E-state index contributed by atoms with van der Waals surface area (Å²) in [7, 11) is 0. The van der Waals surface area contributed by atoms with Gasteiger partial charge in [0, 0.05) is 29.5 Å². The Morgan fingerprint density at radius 3 is 2.56 bits per heavy atom. The average Bonchev–Trinajstić information content (AvgIpc) is 3.43. The van der Waals surface area contributed by atoms with Gasteiger partial charge in [-0.1, -0.05) is 11.6 Å². The van der Waals surface area contributed by atoms with Crippen molar-refractivity contribution in [3.05, 3.63) is 63.4 Å². The van der Waals surface area contributed by atoms with Gasteiger partial charge in [0.1, 0.15) is 6.33 Å². The van der Waals surface area contributed by atoms with Crippen LogP contribution in [0, 0.1) is 5.92 Å². The van der Waals surface area contributed by atoms with Crippen molar-refractivity contribution in [1.82, 2.24) is 29.6 Å². The molecule has 12 heteroatoms. The Bertz CT molecular complexity index is 1130. The highest BCUT2D eigenvalue weighted by Gasteiger charge is 2.35. The zero-order chi connectivity index (χ0) is 23.0. The maximum Gasteiger partial charge on any atom is 0.416 e. The molecule has 1 amide bonds. The van der Waals surface area contributed by atoms with Crippen LogP contribution in [0.5, 0.6) is 0 Å². The van der Waals surface area contributed by atoms with Crippen molar-refractivity contribution in [3.8, 4) is 5.95 Å². The summed E-state index contributed by atoms with van der Waals surface area (Å²) < 4.78 is 41.9. The Hall–Kier alpha value is -2.53. The second-order valence-electron chi connectivity index (χ2n) is 7.53. The van der Waals surface area contributed by atoms with Crippen LogP contribution in [-0.2, 0) is 6.18 Å². The normalized spacial score (nSPS) is 14.9. The smallest absolute Gasteiger partial charge is 0.328 e. The number of alkyl halides is 3. The first kappa shape index (κ1) is 22.7. The standard InChI is InChI=1S/C20H17BrClF3N6O/c1-11(17-28-10-29-31(17)19-26-7-15(21)8-27-19)30(9-12-2-3-12)18(32)13-4-14(20(23,24)25)6-16(22)5-13/h4-8,10-12H,2-3,9H2,1H3. The van der Waals surface area contributed by atoms with Gasteiger partial charge in [0.05, 0.1) is 16.1 Å². The molecule has 1 aromatic carbocycles. The van der Waals surface area contributed by atoms with Gasteiger partial charge in [-0.25, -0.2) is 15.0 Å². The van der Waals surface area contributed by atoms with Gasteiger partial charge in [-0.2, -0.15) is 23.0 Å². The van der Waals surface area contributed by atoms with Crippen molar-refractivity contribution in [2.24, 2.45) is 5.92 Å². The Labute approximate surface area is 194 Å². The van der Waals surface area contributed by atoms with Crippen LogP contribution < -0.4 is 0 Å². The Morgan fingerprint density at radius 1 is 1.25 bits per heavy atom. The zero-order valence-electron chi connectivity index (χ0n) is 16.7. The lowest BCUT2D eigenvalue weighted by molar-refractivity contribution is -0.137. The molecule has 1 aliphatic carbocycles. The van der Waals surface area contributed by atoms with Gasteiger partial charge < -0.3 is 4.90 Å². The van der Waals surface area contributed by atoms with Crippen molar-refractivity contribution < 1.29 is 18.0 Å². The van der Waals surface area contributed by atoms with Crippen LogP contribution in [-0.4, -0.2) is 42.1 Å². The van der Waals surface area contributed by atoms with E-state index >= 15 is 0 Å². The van der Waals surface area contributed by atoms with Crippen molar-refractivity contribution in [2.45, 2.75) is 32.0 Å². The van der Waals surface area contributed by atoms with E-state index in [1.54, 1.807) is 19.3 Å². The number of hydrogen-bond acceptors (Lipinski definition) is 5. The molecule has 0 radical (unpaired) electrons.